The summed E-state index contributed by atoms with van der Waals surface area (Å²) in [6, 6.07) is 12.8. The van der Waals surface area contributed by atoms with Crippen LogP contribution in [-0.2, 0) is 0 Å². The number of nitrogens with one attached hydrogen (secondary N) is 3. The summed E-state index contributed by atoms with van der Waals surface area (Å²) in [7, 11) is 0. The minimum Gasteiger partial charge on any atom is -0.494 e. The molecule has 3 amide bonds. The number of amides is 3. The van der Waals surface area contributed by atoms with Gasteiger partial charge in [0.15, 0.2) is 0 Å². The Balaban J connectivity index is 1.73. The predicted molar refractivity (Wildman–Crippen MR) is 107 cm³/mol. The van der Waals surface area contributed by atoms with Crippen molar-refractivity contribution in [2.75, 3.05) is 11.9 Å². The highest BCUT2D eigenvalue weighted by molar-refractivity contribution is 6.30. The van der Waals surface area contributed by atoms with E-state index in [1.165, 1.54) is 12.8 Å². The van der Waals surface area contributed by atoms with E-state index in [0.717, 1.165) is 18.6 Å². The quantitative estimate of drug-likeness (QED) is 0.449. The van der Waals surface area contributed by atoms with Crippen molar-refractivity contribution in [2.24, 2.45) is 0 Å². The van der Waals surface area contributed by atoms with Crippen LogP contribution in [-0.4, -0.2) is 18.5 Å². The molecule has 0 aromatic heterocycles. The van der Waals surface area contributed by atoms with E-state index < -0.39 is 11.9 Å². The van der Waals surface area contributed by atoms with Gasteiger partial charge in [-0.05, 0) is 55.0 Å². The molecule has 0 unspecified atom stereocenters. The van der Waals surface area contributed by atoms with Crippen molar-refractivity contribution in [3.05, 3.63) is 59.1 Å². The van der Waals surface area contributed by atoms with Gasteiger partial charge >= 0.3 is 6.03 Å². The van der Waals surface area contributed by atoms with Crippen molar-refractivity contribution in [2.45, 2.75) is 32.6 Å². The van der Waals surface area contributed by atoms with Crippen molar-refractivity contribution in [3.8, 4) is 5.75 Å². The van der Waals surface area contributed by atoms with Gasteiger partial charge in [-0.3, -0.25) is 10.2 Å². The van der Waals surface area contributed by atoms with Gasteiger partial charge in [0.05, 0.1) is 6.61 Å². The summed E-state index contributed by atoms with van der Waals surface area (Å²) in [5.74, 6) is 0.298. The van der Waals surface area contributed by atoms with E-state index in [9.17, 15) is 9.59 Å². The lowest BCUT2D eigenvalue weighted by Gasteiger charge is -2.10. The largest absolute Gasteiger partial charge is 0.494 e. The van der Waals surface area contributed by atoms with Crippen LogP contribution < -0.4 is 20.9 Å². The maximum atomic E-state index is 12.1. The van der Waals surface area contributed by atoms with Gasteiger partial charge in [0, 0.05) is 16.3 Å². The fourth-order valence-electron chi connectivity index (χ4n) is 2.30. The number of hydrazine groups is 1. The highest BCUT2D eigenvalue weighted by Crippen LogP contribution is 2.14. The van der Waals surface area contributed by atoms with Gasteiger partial charge in [0.1, 0.15) is 5.75 Å². The first-order chi connectivity index (χ1) is 13.1. The second-order valence-electron chi connectivity index (χ2n) is 5.97. The molecule has 0 spiro atoms. The zero-order chi connectivity index (χ0) is 19.5. The summed E-state index contributed by atoms with van der Waals surface area (Å²) in [6.07, 6.45) is 4.57. The van der Waals surface area contributed by atoms with Gasteiger partial charge in [0.25, 0.3) is 5.91 Å². The van der Waals surface area contributed by atoms with Gasteiger partial charge in [-0.15, -0.1) is 0 Å². The van der Waals surface area contributed by atoms with Gasteiger partial charge in [-0.2, -0.15) is 0 Å². The number of rotatable bonds is 8. The molecule has 2 rings (SSSR count). The molecule has 2 aromatic rings. The summed E-state index contributed by atoms with van der Waals surface area (Å²) < 4.78 is 5.64. The predicted octanol–water partition coefficient (Wildman–Crippen LogP) is 4.77. The molecule has 2 aromatic carbocycles. The highest BCUT2D eigenvalue weighted by atomic mass is 35.5. The van der Waals surface area contributed by atoms with Crippen LogP contribution in [0.3, 0.4) is 0 Å². The molecule has 0 aliphatic heterocycles. The first kappa shape index (κ1) is 20.6. The molecule has 6 nitrogen and oxygen atoms in total. The third kappa shape index (κ3) is 7.58. The zero-order valence-electron chi connectivity index (χ0n) is 15.3. The molecule has 27 heavy (non-hydrogen) atoms. The third-order valence-corrected chi connectivity index (χ3v) is 4.03. The maximum Gasteiger partial charge on any atom is 0.337 e. The second-order valence-corrected chi connectivity index (χ2v) is 6.41. The van der Waals surface area contributed by atoms with Crippen molar-refractivity contribution in [1.82, 2.24) is 10.9 Å². The number of benzene rings is 2. The van der Waals surface area contributed by atoms with Crippen LogP contribution in [0.2, 0.25) is 5.02 Å². The van der Waals surface area contributed by atoms with E-state index in [2.05, 4.69) is 23.1 Å². The van der Waals surface area contributed by atoms with Crippen LogP contribution in [0.25, 0.3) is 0 Å². The number of unbranched alkanes of at least 4 members (excludes halogenated alkanes) is 3. The van der Waals surface area contributed by atoms with E-state index in [1.54, 1.807) is 48.5 Å². The fraction of sp³-hybridized carbons (Fsp3) is 0.300. The van der Waals surface area contributed by atoms with Gasteiger partial charge < -0.3 is 10.1 Å². The Morgan fingerprint density at radius 2 is 1.63 bits per heavy atom. The molecular formula is C20H24ClN3O3. The normalized spacial score (nSPS) is 10.1. The van der Waals surface area contributed by atoms with Crippen LogP contribution in [0, 0.1) is 0 Å². The number of carbonyl (C=O) groups is 2. The molecule has 3 N–H and O–H groups in total. The number of ether oxygens (including phenoxy) is 1. The highest BCUT2D eigenvalue weighted by Gasteiger charge is 2.08. The molecule has 0 atom stereocenters. The Labute approximate surface area is 164 Å². The minimum absolute atomic E-state index is 0.417. The fourth-order valence-corrected chi connectivity index (χ4v) is 2.43. The molecule has 7 heteroatoms. The van der Waals surface area contributed by atoms with Crippen molar-refractivity contribution in [3.63, 3.8) is 0 Å². The summed E-state index contributed by atoms with van der Waals surface area (Å²) in [6.45, 7) is 2.83. The van der Waals surface area contributed by atoms with Crippen molar-refractivity contribution in [1.29, 1.82) is 0 Å². The van der Waals surface area contributed by atoms with E-state index in [0.29, 0.717) is 22.9 Å². The van der Waals surface area contributed by atoms with Crippen LogP contribution in [0.5, 0.6) is 5.75 Å². The Morgan fingerprint density at radius 1 is 0.926 bits per heavy atom. The van der Waals surface area contributed by atoms with Gasteiger partial charge in [-0.25, -0.2) is 10.2 Å². The molecule has 144 valence electrons. The number of hydrogen-bond donors (Lipinski definition) is 3. The van der Waals surface area contributed by atoms with Crippen LogP contribution in [0.1, 0.15) is 43.0 Å². The number of hydrogen-bond acceptors (Lipinski definition) is 3. The van der Waals surface area contributed by atoms with Crippen molar-refractivity contribution < 1.29 is 14.3 Å². The Bertz CT molecular complexity index is 733. The Kier molecular flexibility index (Phi) is 8.45. The van der Waals surface area contributed by atoms with E-state index >= 15 is 0 Å². The van der Waals surface area contributed by atoms with Gasteiger partial charge in [0.2, 0.25) is 0 Å². The van der Waals surface area contributed by atoms with Crippen molar-refractivity contribution >= 4 is 29.2 Å². The molecule has 0 saturated heterocycles. The number of anilines is 1. The van der Waals surface area contributed by atoms with Crippen LogP contribution >= 0.6 is 11.6 Å². The van der Waals surface area contributed by atoms with E-state index in [4.69, 9.17) is 16.3 Å². The Morgan fingerprint density at radius 3 is 2.30 bits per heavy atom. The SMILES string of the molecule is CCCCCCOc1ccc(C(=O)NNC(=O)Nc2ccc(Cl)cc2)cc1. The molecular weight excluding hydrogens is 366 g/mol. The Hall–Kier alpha value is -2.73. The lowest BCUT2D eigenvalue weighted by atomic mass is 10.2. The zero-order valence-corrected chi connectivity index (χ0v) is 16.0. The first-order valence-corrected chi connectivity index (χ1v) is 9.32. The summed E-state index contributed by atoms with van der Waals surface area (Å²) in [4.78, 5) is 23.9. The summed E-state index contributed by atoms with van der Waals surface area (Å²) in [5, 5.41) is 3.15. The lowest BCUT2D eigenvalue weighted by molar-refractivity contribution is 0.0938. The minimum atomic E-state index is -0.558. The standard InChI is InChI=1S/C20H24ClN3O3/c1-2-3-4-5-14-27-18-12-6-15(7-13-18)19(25)23-24-20(26)22-17-10-8-16(21)9-11-17/h6-13H,2-5,14H2,1H3,(H,23,25)(H2,22,24,26). The molecule has 0 heterocycles. The number of halogens is 1. The van der Waals surface area contributed by atoms with Gasteiger partial charge in [-0.1, -0.05) is 37.8 Å². The molecule has 0 aliphatic carbocycles. The average molecular weight is 390 g/mol. The van der Waals surface area contributed by atoms with Crippen LogP contribution in [0.15, 0.2) is 48.5 Å². The molecule has 0 saturated carbocycles. The van der Waals surface area contributed by atoms with E-state index in [1.807, 2.05) is 0 Å². The molecule has 0 fully saturated rings. The molecule has 0 aliphatic rings. The average Bonchev–Trinajstić information content (AvgIpc) is 2.68. The summed E-state index contributed by atoms with van der Waals surface area (Å²) in [5.41, 5.74) is 5.63. The third-order valence-electron chi connectivity index (χ3n) is 3.77. The first-order valence-electron chi connectivity index (χ1n) is 8.94. The topological polar surface area (TPSA) is 79.5 Å². The maximum absolute atomic E-state index is 12.1. The molecule has 0 bridgehead atoms. The molecule has 0 radical (unpaired) electrons. The summed E-state index contributed by atoms with van der Waals surface area (Å²) >= 11 is 5.78. The van der Waals surface area contributed by atoms with E-state index in [-0.39, 0.29) is 0 Å². The smallest absolute Gasteiger partial charge is 0.337 e. The second kappa shape index (κ2) is 11.1. The van der Waals surface area contributed by atoms with Crippen LogP contribution in [0.4, 0.5) is 10.5 Å². The lowest BCUT2D eigenvalue weighted by Crippen LogP contribution is -2.43. The number of carbonyl (C=O) groups excluding carboxylic acids is 2. The number of urea groups is 1. The monoisotopic (exact) mass is 389 g/mol.